The SMILES string of the molecule is CCc1ccc(C(O)O)cc1. The molecule has 0 heterocycles. The van der Waals surface area contributed by atoms with Gasteiger partial charge in [0.05, 0.1) is 0 Å². The van der Waals surface area contributed by atoms with Crippen LogP contribution in [-0.2, 0) is 6.42 Å². The lowest BCUT2D eigenvalue weighted by Crippen LogP contribution is -1.94. The summed E-state index contributed by atoms with van der Waals surface area (Å²) in [6.45, 7) is 2.06. The van der Waals surface area contributed by atoms with Crippen LogP contribution >= 0.6 is 0 Å². The molecule has 1 aromatic carbocycles. The maximum atomic E-state index is 8.74. The van der Waals surface area contributed by atoms with Gasteiger partial charge in [-0.3, -0.25) is 0 Å². The van der Waals surface area contributed by atoms with Gasteiger partial charge in [-0.15, -0.1) is 0 Å². The molecule has 1 aromatic rings. The Morgan fingerprint density at radius 3 is 2.09 bits per heavy atom. The van der Waals surface area contributed by atoms with Crippen molar-refractivity contribution in [2.45, 2.75) is 19.6 Å². The molecule has 0 aliphatic heterocycles. The largest absolute Gasteiger partial charge is 0.364 e. The summed E-state index contributed by atoms with van der Waals surface area (Å²) >= 11 is 0. The fourth-order valence-electron chi connectivity index (χ4n) is 0.925. The van der Waals surface area contributed by atoms with Gasteiger partial charge in [0.15, 0.2) is 6.29 Å². The van der Waals surface area contributed by atoms with E-state index in [0.717, 1.165) is 6.42 Å². The fourth-order valence-corrected chi connectivity index (χ4v) is 0.925. The van der Waals surface area contributed by atoms with Crippen molar-refractivity contribution >= 4 is 0 Å². The van der Waals surface area contributed by atoms with Crippen molar-refractivity contribution in [3.63, 3.8) is 0 Å². The monoisotopic (exact) mass is 152 g/mol. The van der Waals surface area contributed by atoms with Gasteiger partial charge < -0.3 is 10.2 Å². The molecular formula is C9H12O2. The van der Waals surface area contributed by atoms with Gasteiger partial charge in [-0.1, -0.05) is 31.2 Å². The lowest BCUT2D eigenvalue weighted by Gasteiger charge is -2.03. The Morgan fingerprint density at radius 1 is 1.18 bits per heavy atom. The van der Waals surface area contributed by atoms with E-state index in [1.165, 1.54) is 5.56 Å². The third-order valence-corrected chi connectivity index (χ3v) is 1.69. The molecule has 11 heavy (non-hydrogen) atoms. The molecule has 60 valence electrons. The van der Waals surface area contributed by atoms with E-state index in [1.807, 2.05) is 12.1 Å². The maximum Gasteiger partial charge on any atom is 0.178 e. The molecule has 0 aliphatic carbocycles. The summed E-state index contributed by atoms with van der Waals surface area (Å²) < 4.78 is 0. The second-order valence-electron chi connectivity index (χ2n) is 2.47. The molecule has 0 amide bonds. The van der Waals surface area contributed by atoms with Crippen molar-refractivity contribution in [2.24, 2.45) is 0 Å². The summed E-state index contributed by atoms with van der Waals surface area (Å²) in [6.07, 6.45) is -0.372. The van der Waals surface area contributed by atoms with Gasteiger partial charge in [0.1, 0.15) is 0 Å². The summed E-state index contributed by atoms with van der Waals surface area (Å²) in [5, 5.41) is 17.5. The number of rotatable bonds is 2. The zero-order chi connectivity index (χ0) is 8.27. The van der Waals surface area contributed by atoms with Crippen LogP contribution in [-0.4, -0.2) is 10.2 Å². The van der Waals surface area contributed by atoms with E-state index in [4.69, 9.17) is 10.2 Å². The van der Waals surface area contributed by atoms with Gasteiger partial charge in [-0.2, -0.15) is 0 Å². The van der Waals surface area contributed by atoms with E-state index in [2.05, 4.69) is 6.92 Å². The number of aryl methyl sites for hydroxylation is 1. The van der Waals surface area contributed by atoms with Gasteiger partial charge in [-0.25, -0.2) is 0 Å². The third kappa shape index (κ3) is 2.03. The van der Waals surface area contributed by atoms with Crippen LogP contribution in [0.15, 0.2) is 24.3 Å². The molecule has 0 saturated heterocycles. The first kappa shape index (κ1) is 8.24. The topological polar surface area (TPSA) is 40.5 Å². The van der Waals surface area contributed by atoms with Crippen LogP contribution in [0.25, 0.3) is 0 Å². The Bertz CT molecular complexity index is 214. The standard InChI is InChI=1S/C9H12O2/c1-2-7-3-5-8(6-4-7)9(10)11/h3-6,9-11H,2H2,1H3. The highest BCUT2D eigenvalue weighted by atomic mass is 16.5. The van der Waals surface area contributed by atoms with E-state index >= 15 is 0 Å². The van der Waals surface area contributed by atoms with Crippen molar-refractivity contribution in [3.05, 3.63) is 35.4 Å². The van der Waals surface area contributed by atoms with Crippen molar-refractivity contribution in [3.8, 4) is 0 Å². The molecule has 0 radical (unpaired) electrons. The van der Waals surface area contributed by atoms with Gasteiger partial charge >= 0.3 is 0 Å². The summed E-state index contributed by atoms with van der Waals surface area (Å²) in [5.41, 5.74) is 1.75. The molecule has 2 nitrogen and oxygen atoms in total. The third-order valence-electron chi connectivity index (χ3n) is 1.69. The Balaban J connectivity index is 2.83. The van der Waals surface area contributed by atoms with E-state index in [-0.39, 0.29) is 0 Å². The molecule has 0 spiro atoms. The number of aliphatic hydroxyl groups excluding tert-OH is 1. The van der Waals surface area contributed by atoms with Crippen molar-refractivity contribution in [2.75, 3.05) is 0 Å². The molecule has 0 aromatic heterocycles. The number of aliphatic hydroxyl groups is 2. The summed E-state index contributed by atoms with van der Waals surface area (Å²) in [4.78, 5) is 0. The number of hydrogen-bond acceptors (Lipinski definition) is 2. The first-order valence-electron chi connectivity index (χ1n) is 3.69. The van der Waals surface area contributed by atoms with Crippen molar-refractivity contribution in [1.82, 2.24) is 0 Å². The van der Waals surface area contributed by atoms with Crippen molar-refractivity contribution in [1.29, 1.82) is 0 Å². The second-order valence-corrected chi connectivity index (χ2v) is 2.47. The van der Waals surface area contributed by atoms with Crippen LogP contribution in [0.2, 0.25) is 0 Å². The number of benzene rings is 1. The van der Waals surface area contributed by atoms with Crippen LogP contribution < -0.4 is 0 Å². The quantitative estimate of drug-likeness (QED) is 0.626. The van der Waals surface area contributed by atoms with E-state index in [9.17, 15) is 0 Å². The highest BCUT2D eigenvalue weighted by Gasteiger charge is 1.99. The Kier molecular flexibility index (Phi) is 2.63. The number of hydrogen-bond donors (Lipinski definition) is 2. The highest BCUT2D eigenvalue weighted by Crippen LogP contribution is 2.10. The predicted molar refractivity (Wildman–Crippen MR) is 43.0 cm³/mol. The van der Waals surface area contributed by atoms with Gasteiger partial charge in [0.25, 0.3) is 0 Å². The summed E-state index contributed by atoms with van der Waals surface area (Å²) in [6, 6.07) is 7.25. The van der Waals surface area contributed by atoms with Crippen LogP contribution in [0.3, 0.4) is 0 Å². The average Bonchev–Trinajstić information content (AvgIpc) is 2.05. The summed E-state index contributed by atoms with van der Waals surface area (Å²) in [7, 11) is 0. The molecular weight excluding hydrogens is 140 g/mol. The maximum absolute atomic E-state index is 8.74. The van der Waals surface area contributed by atoms with E-state index < -0.39 is 6.29 Å². The lowest BCUT2D eigenvalue weighted by molar-refractivity contribution is -0.0424. The molecule has 0 bridgehead atoms. The molecule has 2 N–H and O–H groups in total. The van der Waals surface area contributed by atoms with Gasteiger partial charge in [-0.05, 0) is 12.0 Å². The predicted octanol–water partition coefficient (Wildman–Crippen LogP) is 1.23. The molecule has 0 atom stereocenters. The van der Waals surface area contributed by atoms with Crippen LogP contribution in [0.5, 0.6) is 0 Å². The minimum Gasteiger partial charge on any atom is -0.364 e. The normalized spacial score (nSPS) is 10.5. The van der Waals surface area contributed by atoms with Crippen LogP contribution in [0.4, 0.5) is 0 Å². The molecule has 0 fully saturated rings. The van der Waals surface area contributed by atoms with Gasteiger partial charge in [0, 0.05) is 5.56 Å². The molecule has 0 unspecified atom stereocenters. The molecule has 0 aliphatic rings. The van der Waals surface area contributed by atoms with E-state index in [0.29, 0.717) is 5.56 Å². The smallest absolute Gasteiger partial charge is 0.178 e. The summed E-state index contributed by atoms with van der Waals surface area (Å²) in [5.74, 6) is 0. The molecule has 2 heteroatoms. The zero-order valence-corrected chi connectivity index (χ0v) is 6.49. The lowest BCUT2D eigenvalue weighted by atomic mass is 10.1. The van der Waals surface area contributed by atoms with Crippen LogP contribution in [0.1, 0.15) is 24.3 Å². The van der Waals surface area contributed by atoms with E-state index in [1.54, 1.807) is 12.1 Å². The van der Waals surface area contributed by atoms with Crippen LogP contribution in [0, 0.1) is 0 Å². The minimum atomic E-state index is -1.35. The van der Waals surface area contributed by atoms with Crippen molar-refractivity contribution < 1.29 is 10.2 Å². The Labute approximate surface area is 66.1 Å². The van der Waals surface area contributed by atoms with Gasteiger partial charge in [0.2, 0.25) is 0 Å². The zero-order valence-electron chi connectivity index (χ0n) is 6.49. The molecule has 1 rings (SSSR count). The minimum absolute atomic E-state index is 0.544. The Morgan fingerprint density at radius 2 is 1.73 bits per heavy atom. The molecule has 0 saturated carbocycles. The first-order valence-corrected chi connectivity index (χ1v) is 3.69. The second kappa shape index (κ2) is 3.51. The average molecular weight is 152 g/mol. The highest BCUT2D eigenvalue weighted by molar-refractivity contribution is 5.22. The Hall–Kier alpha value is -0.860. The fraction of sp³-hybridized carbons (Fsp3) is 0.333. The first-order chi connectivity index (χ1) is 5.24.